The summed E-state index contributed by atoms with van der Waals surface area (Å²) in [6, 6.07) is -3.09. The van der Waals surface area contributed by atoms with E-state index in [1.807, 2.05) is 0 Å². The smallest absolute Gasteiger partial charge is 0.322 e. The monoisotopic (exact) mass is 487 g/mol. The van der Waals surface area contributed by atoms with Crippen LogP contribution in [-0.2, 0) is 28.8 Å². The van der Waals surface area contributed by atoms with Crippen LogP contribution in [0.3, 0.4) is 0 Å². The third kappa shape index (κ3) is 13.5. The summed E-state index contributed by atoms with van der Waals surface area (Å²) in [4.78, 5) is 74.1. The van der Waals surface area contributed by atoms with E-state index in [2.05, 4.69) is 31.6 Å². The number of carboxylic acids is 1. The first kappa shape index (κ1) is 30.1. The van der Waals surface area contributed by atoms with Crippen molar-refractivity contribution in [2.24, 2.45) is 22.2 Å². The van der Waals surface area contributed by atoms with E-state index in [4.69, 9.17) is 22.3 Å². The Morgan fingerprint density at radius 3 is 1.97 bits per heavy atom. The number of nitrogens with zero attached hydrogens (tertiary/aromatic N) is 1. The van der Waals surface area contributed by atoms with Gasteiger partial charge in [-0.3, -0.25) is 33.8 Å². The second-order valence-corrected chi connectivity index (χ2v) is 7.12. The maximum atomic E-state index is 12.4. The molecule has 0 saturated carbocycles. The Hall–Kier alpha value is -3.95. The highest BCUT2D eigenvalue weighted by Crippen LogP contribution is 1.99. The predicted octanol–water partition coefficient (Wildman–Crippen LogP) is -5.19. The molecule has 0 heterocycles. The summed E-state index contributed by atoms with van der Waals surface area (Å²) in [7, 11) is 0. The highest BCUT2D eigenvalue weighted by Gasteiger charge is 2.23. The Morgan fingerprint density at radius 1 is 0.824 bits per heavy atom. The van der Waals surface area contributed by atoms with Gasteiger partial charge in [-0.05, 0) is 26.7 Å². The molecule has 0 saturated heterocycles. The molecule has 16 heteroatoms. The average Bonchev–Trinajstić information content (AvgIpc) is 2.76. The fraction of sp³-hybridized carbons (Fsp3) is 0.611. The van der Waals surface area contributed by atoms with Gasteiger partial charge in [0.1, 0.15) is 24.7 Å². The molecule has 5 amide bonds. The van der Waals surface area contributed by atoms with Crippen molar-refractivity contribution >= 4 is 41.5 Å². The van der Waals surface area contributed by atoms with E-state index in [0.717, 1.165) is 0 Å². The molecule has 0 aromatic carbocycles. The molecule has 12 N–H and O–H groups in total. The Bertz CT molecular complexity index is 784. The van der Waals surface area contributed by atoms with E-state index in [1.165, 1.54) is 13.8 Å². The van der Waals surface area contributed by atoms with E-state index in [-0.39, 0.29) is 25.5 Å². The minimum absolute atomic E-state index is 0.114. The van der Waals surface area contributed by atoms with Crippen molar-refractivity contribution in [2.75, 3.05) is 26.2 Å². The normalized spacial score (nSPS) is 12.8. The first-order chi connectivity index (χ1) is 15.9. The van der Waals surface area contributed by atoms with Gasteiger partial charge in [-0.2, -0.15) is 0 Å². The van der Waals surface area contributed by atoms with Crippen LogP contribution in [0.2, 0.25) is 0 Å². The van der Waals surface area contributed by atoms with E-state index in [1.54, 1.807) is 0 Å². The lowest BCUT2D eigenvalue weighted by molar-refractivity contribution is -0.138. The van der Waals surface area contributed by atoms with Gasteiger partial charge in [0.25, 0.3) is 0 Å². The molecule has 0 aliphatic carbocycles. The van der Waals surface area contributed by atoms with Gasteiger partial charge in [-0.1, -0.05) is 0 Å². The molecule has 0 aromatic rings. The number of aliphatic carboxylic acids is 1. The molecule has 0 fully saturated rings. The molecule has 0 bridgehead atoms. The van der Waals surface area contributed by atoms with Crippen LogP contribution in [0.15, 0.2) is 4.99 Å². The van der Waals surface area contributed by atoms with Crippen LogP contribution < -0.4 is 43.8 Å². The zero-order valence-corrected chi connectivity index (χ0v) is 19.1. The molecule has 16 nitrogen and oxygen atoms in total. The number of carbonyl (C=O) groups is 6. The summed E-state index contributed by atoms with van der Waals surface area (Å²) >= 11 is 0. The lowest BCUT2D eigenvalue weighted by Gasteiger charge is -2.19. The van der Waals surface area contributed by atoms with Gasteiger partial charge < -0.3 is 48.9 Å². The van der Waals surface area contributed by atoms with Crippen LogP contribution in [0.25, 0.3) is 0 Å². The second kappa shape index (κ2) is 15.8. The standard InChI is InChI=1S/C18H33N9O7/c1-9(15(32)24-8-14(30)31)26-16(33)10(2)25-13(29)7-23-17(34)11(27-12(28)6-19)4-3-5-22-18(20)21/h9-11H,3-8,19H2,1-2H3,(H,23,34)(H,24,32)(H,25,29)(H,26,33)(H,27,28)(H,30,31)(H4,20,21,22)/t9-,10-,11-/m0/s1. The van der Waals surface area contributed by atoms with Gasteiger partial charge in [0, 0.05) is 6.54 Å². The molecule has 0 aromatic heterocycles. The summed E-state index contributed by atoms with van der Waals surface area (Å²) in [5.74, 6) is -4.70. The Labute approximate surface area is 195 Å². The Kier molecular flexibility index (Phi) is 14.0. The lowest BCUT2D eigenvalue weighted by Crippen LogP contribution is -2.54. The fourth-order valence-electron chi connectivity index (χ4n) is 2.39. The summed E-state index contributed by atoms with van der Waals surface area (Å²) in [5, 5.41) is 20.1. The highest BCUT2D eigenvalue weighted by molar-refractivity contribution is 5.94. The number of carbonyl (C=O) groups excluding carboxylic acids is 5. The molecule has 0 aliphatic rings. The number of nitrogens with one attached hydrogen (secondary N) is 5. The number of carboxylic acid groups (broad SMARTS) is 1. The minimum Gasteiger partial charge on any atom is -0.480 e. The Balaban J connectivity index is 4.65. The van der Waals surface area contributed by atoms with E-state index in [9.17, 15) is 28.8 Å². The summed E-state index contributed by atoms with van der Waals surface area (Å²) in [6.45, 7) is 1.49. The number of amides is 5. The number of hydrogen-bond acceptors (Lipinski definition) is 8. The van der Waals surface area contributed by atoms with Crippen LogP contribution in [-0.4, -0.2) is 90.9 Å². The third-order valence-electron chi connectivity index (χ3n) is 4.14. The number of nitrogens with two attached hydrogens (primary N) is 3. The van der Waals surface area contributed by atoms with Crippen molar-refractivity contribution in [1.29, 1.82) is 0 Å². The van der Waals surface area contributed by atoms with Crippen LogP contribution >= 0.6 is 0 Å². The first-order valence-corrected chi connectivity index (χ1v) is 10.3. The molecule has 0 aliphatic heterocycles. The number of guanidine groups is 1. The molecule has 192 valence electrons. The van der Waals surface area contributed by atoms with Gasteiger partial charge in [0.05, 0.1) is 13.1 Å². The van der Waals surface area contributed by atoms with Crippen molar-refractivity contribution in [3.63, 3.8) is 0 Å². The molecule has 0 unspecified atom stereocenters. The van der Waals surface area contributed by atoms with Crippen molar-refractivity contribution in [3.05, 3.63) is 0 Å². The van der Waals surface area contributed by atoms with Gasteiger partial charge in [0.15, 0.2) is 5.96 Å². The average molecular weight is 488 g/mol. The number of hydrogen-bond donors (Lipinski definition) is 9. The molecule has 0 spiro atoms. The van der Waals surface area contributed by atoms with Crippen LogP contribution in [0.4, 0.5) is 0 Å². The van der Waals surface area contributed by atoms with Crippen LogP contribution in [0, 0.1) is 0 Å². The topological polar surface area (TPSA) is 273 Å². The Morgan fingerprint density at radius 2 is 1.41 bits per heavy atom. The lowest BCUT2D eigenvalue weighted by atomic mass is 10.1. The van der Waals surface area contributed by atoms with Crippen LogP contribution in [0.5, 0.6) is 0 Å². The first-order valence-electron chi connectivity index (χ1n) is 10.3. The quantitative estimate of drug-likeness (QED) is 0.0601. The molecule has 0 rings (SSSR count). The van der Waals surface area contributed by atoms with Crippen molar-refractivity contribution in [2.45, 2.75) is 44.8 Å². The highest BCUT2D eigenvalue weighted by atomic mass is 16.4. The van der Waals surface area contributed by atoms with Gasteiger partial charge in [0.2, 0.25) is 29.5 Å². The zero-order chi connectivity index (χ0) is 26.3. The summed E-state index contributed by atoms with van der Waals surface area (Å²) in [6.07, 6.45) is 0.541. The van der Waals surface area contributed by atoms with E-state index in [0.29, 0.717) is 6.42 Å². The number of rotatable bonds is 15. The van der Waals surface area contributed by atoms with Crippen molar-refractivity contribution in [1.82, 2.24) is 26.6 Å². The summed E-state index contributed by atoms with van der Waals surface area (Å²) < 4.78 is 0. The maximum absolute atomic E-state index is 12.4. The van der Waals surface area contributed by atoms with Crippen LogP contribution in [0.1, 0.15) is 26.7 Å². The summed E-state index contributed by atoms with van der Waals surface area (Å²) in [5.41, 5.74) is 15.7. The minimum atomic E-state index is -1.24. The van der Waals surface area contributed by atoms with E-state index >= 15 is 0 Å². The largest absolute Gasteiger partial charge is 0.480 e. The SMILES string of the molecule is C[C@H](NC(=O)CNC(=O)[C@H](CCCN=C(N)N)NC(=O)CN)C(=O)N[C@@H](C)C(=O)NCC(=O)O. The van der Waals surface area contributed by atoms with Gasteiger partial charge in [-0.15, -0.1) is 0 Å². The van der Waals surface area contributed by atoms with Crippen molar-refractivity contribution in [3.8, 4) is 0 Å². The fourth-order valence-corrected chi connectivity index (χ4v) is 2.39. The van der Waals surface area contributed by atoms with E-state index < -0.39 is 66.7 Å². The van der Waals surface area contributed by atoms with Crippen molar-refractivity contribution < 1.29 is 33.9 Å². The maximum Gasteiger partial charge on any atom is 0.322 e. The van der Waals surface area contributed by atoms with Gasteiger partial charge in [-0.25, -0.2) is 0 Å². The molecular weight excluding hydrogens is 454 g/mol. The third-order valence-corrected chi connectivity index (χ3v) is 4.14. The molecule has 0 radical (unpaired) electrons. The van der Waals surface area contributed by atoms with Gasteiger partial charge >= 0.3 is 5.97 Å². The zero-order valence-electron chi connectivity index (χ0n) is 19.1. The molecule has 34 heavy (non-hydrogen) atoms. The number of aliphatic imine (C=N–C) groups is 1. The predicted molar refractivity (Wildman–Crippen MR) is 120 cm³/mol. The second-order valence-electron chi connectivity index (χ2n) is 7.12. The molecular formula is C18H33N9O7. The molecule has 3 atom stereocenters.